The van der Waals surface area contributed by atoms with Crippen molar-refractivity contribution in [2.45, 2.75) is 30.9 Å². The molecule has 0 amide bonds. The lowest BCUT2D eigenvalue weighted by Crippen LogP contribution is -2.42. The Labute approximate surface area is 212 Å². The van der Waals surface area contributed by atoms with Crippen molar-refractivity contribution in [2.24, 2.45) is 0 Å². The number of halogens is 1. The molecule has 0 radical (unpaired) electrons. The van der Waals surface area contributed by atoms with E-state index in [-0.39, 0.29) is 10.7 Å². The summed E-state index contributed by atoms with van der Waals surface area (Å²) in [5.74, 6) is -1.02. The topological polar surface area (TPSA) is 70.5 Å². The number of likely N-dealkylation sites (N-methyl/N-ethyl adjacent to an activating group) is 1. The molecule has 0 aliphatic carbocycles. The number of thiocarbonyl (C=S) groups is 1. The predicted octanol–water partition coefficient (Wildman–Crippen LogP) is 3.30. The van der Waals surface area contributed by atoms with E-state index in [0.29, 0.717) is 37.0 Å². The van der Waals surface area contributed by atoms with Crippen LogP contribution in [-0.2, 0) is 28.7 Å². The molecule has 1 aromatic heterocycles. The molecule has 0 aliphatic heterocycles. The molecular formula is C25H32FN5O2S2. The Morgan fingerprint density at radius 3 is 2.43 bits per heavy atom. The van der Waals surface area contributed by atoms with Crippen molar-refractivity contribution >= 4 is 27.2 Å². The Kier molecular flexibility index (Phi) is 9.36. The van der Waals surface area contributed by atoms with Crippen LogP contribution >= 0.6 is 12.2 Å². The fraction of sp³-hybridized carbons (Fsp3) is 0.360. The second-order valence-electron chi connectivity index (χ2n) is 8.51. The number of aromatic nitrogens is 2. The van der Waals surface area contributed by atoms with Crippen LogP contribution in [-0.4, -0.2) is 66.6 Å². The highest BCUT2D eigenvalue weighted by molar-refractivity contribution is 7.90. The van der Waals surface area contributed by atoms with Crippen molar-refractivity contribution in [1.82, 2.24) is 24.7 Å². The smallest absolute Gasteiger partial charge is 0.228 e. The molecule has 35 heavy (non-hydrogen) atoms. The number of rotatable bonds is 11. The maximum Gasteiger partial charge on any atom is 0.228 e. The van der Waals surface area contributed by atoms with Crippen molar-refractivity contribution in [1.29, 1.82) is 0 Å². The SMILES string of the molecule is CCNC(=S)N(CCN(C)C)Cc1cnc(S(=O)(=O)Cc2ccccc2F)n1Cc1ccccc1. The van der Waals surface area contributed by atoms with Crippen LogP contribution in [0.5, 0.6) is 0 Å². The Balaban J connectivity index is 1.99. The average molecular weight is 518 g/mol. The summed E-state index contributed by atoms with van der Waals surface area (Å²) in [5.41, 5.74) is 1.76. The molecule has 0 unspecified atom stereocenters. The zero-order valence-corrected chi connectivity index (χ0v) is 21.9. The van der Waals surface area contributed by atoms with Gasteiger partial charge in [0.05, 0.1) is 30.7 Å². The van der Waals surface area contributed by atoms with Crippen molar-refractivity contribution in [3.63, 3.8) is 0 Å². The van der Waals surface area contributed by atoms with Crippen LogP contribution in [0.15, 0.2) is 66.0 Å². The highest BCUT2D eigenvalue weighted by Gasteiger charge is 2.26. The van der Waals surface area contributed by atoms with Gasteiger partial charge in [-0.05, 0) is 44.9 Å². The first-order valence-electron chi connectivity index (χ1n) is 11.4. The van der Waals surface area contributed by atoms with Crippen molar-refractivity contribution in [3.05, 3.63) is 83.4 Å². The summed E-state index contributed by atoms with van der Waals surface area (Å²) in [7, 11) is 0.0541. The molecule has 10 heteroatoms. The fourth-order valence-electron chi connectivity index (χ4n) is 3.62. The minimum absolute atomic E-state index is 0.0819. The normalized spacial score (nSPS) is 11.6. The van der Waals surface area contributed by atoms with Crippen LogP contribution in [0.4, 0.5) is 4.39 Å². The third-order valence-corrected chi connectivity index (χ3v) is 7.43. The molecule has 3 rings (SSSR count). The first-order valence-corrected chi connectivity index (χ1v) is 13.5. The lowest BCUT2D eigenvalue weighted by molar-refractivity contribution is 0.317. The van der Waals surface area contributed by atoms with Gasteiger partial charge in [0, 0.05) is 25.2 Å². The van der Waals surface area contributed by atoms with Gasteiger partial charge >= 0.3 is 0 Å². The first kappa shape index (κ1) is 26.8. The Morgan fingerprint density at radius 2 is 1.77 bits per heavy atom. The molecule has 0 atom stereocenters. The first-order chi connectivity index (χ1) is 16.7. The van der Waals surface area contributed by atoms with Crippen LogP contribution in [0.2, 0.25) is 0 Å². The number of hydrogen-bond acceptors (Lipinski definition) is 5. The largest absolute Gasteiger partial charge is 0.363 e. The molecule has 0 fully saturated rings. The minimum Gasteiger partial charge on any atom is -0.363 e. The molecule has 0 bridgehead atoms. The van der Waals surface area contributed by atoms with E-state index in [2.05, 4.69) is 15.2 Å². The van der Waals surface area contributed by atoms with Gasteiger partial charge in [0.1, 0.15) is 5.82 Å². The maximum absolute atomic E-state index is 14.2. The molecule has 2 aromatic carbocycles. The monoisotopic (exact) mass is 517 g/mol. The molecule has 0 spiro atoms. The number of nitrogens with one attached hydrogen (secondary N) is 1. The summed E-state index contributed by atoms with van der Waals surface area (Å²) in [4.78, 5) is 8.38. The number of imidazole rings is 1. The molecule has 3 aromatic rings. The van der Waals surface area contributed by atoms with Crippen LogP contribution in [0.3, 0.4) is 0 Å². The fourth-order valence-corrected chi connectivity index (χ4v) is 5.42. The van der Waals surface area contributed by atoms with Crippen LogP contribution in [0.1, 0.15) is 23.7 Å². The minimum atomic E-state index is -3.92. The van der Waals surface area contributed by atoms with E-state index in [0.717, 1.165) is 12.1 Å². The van der Waals surface area contributed by atoms with Gasteiger partial charge in [0.15, 0.2) is 5.11 Å². The lowest BCUT2D eigenvalue weighted by Gasteiger charge is -2.27. The second-order valence-corrected chi connectivity index (χ2v) is 10.8. The predicted molar refractivity (Wildman–Crippen MR) is 140 cm³/mol. The third kappa shape index (κ3) is 7.33. The Morgan fingerprint density at radius 1 is 1.09 bits per heavy atom. The van der Waals surface area contributed by atoms with Crippen molar-refractivity contribution < 1.29 is 12.8 Å². The highest BCUT2D eigenvalue weighted by Crippen LogP contribution is 2.21. The highest BCUT2D eigenvalue weighted by atomic mass is 32.2. The molecule has 1 N–H and O–H groups in total. The molecule has 0 aliphatic rings. The maximum atomic E-state index is 14.2. The third-order valence-electron chi connectivity index (χ3n) is 5.45. The van der Waals surface area contributed by atoms with E-state index >= 15 is 0 Å². The van der Waals surface area contributed by atoms with E-state index in [4.69, 9.17) is 12.2 Å². The molecule has 7 nitrogen and oxygen atoms in total. The van der Waals surface area contributed by atoms with Gasteiger partial charge in [-0.2, -0.15) is 0 Å². The van der Waals surface area contributed by atoms with Gasteiger partial charge in [-0.15, -0.1) is 0 Å². The van der Waals surface area contributed by atoms with Gasteiger partial charge in [-0.1, -0.05) is 48.5 Å². The summed E-state index contributed by atoms with van der Waals surface area (Å²) in [6.07, 6.45) is 1.58. The van der Waals surface area contributed by atoms with Crippen molar-refractivity contribution in [3.8, 4) is 0 Å². The number of hydrogen-bond donors (Lipinski definition) is 1. The number of nitrogens with zero attached hydrogens (tertiary/aromatic N) is 4. The van der Waals surface area contributed by atoms with E-state index in [1.54, 1.807) is 16.8 Å². The molecular weight excluding hydrogens is 485 g/mol. The molecule has 1 heterocycles. The zero-order valence-electron chi connectivity index (χ0n) is 20.3. The van der Waals surface area contributed by atoms with Gasteiger partial charge in [0.25, 0.3) is 0 Å². The van der Waals surface area contributed by atoms with Crippen LogP contribution in [0.25, 0.3) is 0 Å². The summed E-state index contributed by atoms with van der Waals surface area (Å²) in [6, 6.07) is 15.5. The zero-order chi connectivity index (χ0) is 25.4. The summed E-state index contributed by atoms with van der Waals surface area (Å²) >= 11 is 5.59. The average Bonchev–Trinajstić information content (AvgIpc) is 3.21. The van der Waals surface area contributed by atoms with E-state index < -0.39 is 21.4 Å². The number of sulfone groups is 1. The second kappa shape index (κ2) is 12.2. The number of benzene rings is 2. The molecule has 0 saturated carbocycles. The van der Waals surface area contributed by atoms with E-state index in [9.17, 15) is 12.8 Å². The molecule has 188 valence electrons. The quantitative estimate of drug-likeness (QED) is 0.392. The van der Waals surface area contributed by atoms with Crippen molar-refractivity contribution in [2.75, 3.05) is 33.7 Å². The van der Waals surface area contributed by atoms with Gasteiger partial charge in [-0.3, -0.25) is 0 Å². The Hall–Kier alpha value is -2.82. The van der Waals surface area contributed by atoms with E-state index in [1.165, 1.54) is 18.2 Å². The van der Waals surface area contributed by atoms with Gasteiger partial charge in [-0.25, -0.2) is 17.8 Å². The van der Waals surface area contributed by atoms with Crippen LogP contribution < -0.4 is 5.32 Å². The lowest BCUT2D eigenvalue weighted by atomic mass is 10.2. The summed E-state index contributed by atoms with van der Waals surface area (Å²) < 4.78 is 42.8. The van der Waals surface area contributed by atoms with Crippen LogP contribution in [0, 0.1) is 5.82 Å². The standard InChI is InChI=1S/C25H32FN5O2S2/c1-4-27-24(34)30(15-14-29(2)3)18-22-16-28-25(31(22)17-20-10-6-5-7-11-20)35(32,33)19-21-12-8-9-13-23(21)26/h5-13,16H,4,14-15,17-19H2,1-3H3,(H,27,34). The summed E-state index contributed by atoms with van der Waals surface area (Å²) in [5, 5.41) is 3.70. The summed E-state index contributed by atoms with van der Waals surface area (Å²) in [6.45, 7) is 4.79. The Bertz CT molecular complexity index is 1230. The molecule has 0 saturated heterocycles. The van der Waals surface area contributed by atoms with E-state index in [1.807, 2.05) is 56.3 Å². The van der Waals surface area contributed by atoms with Gasteiger partial charge in [0.2, 0.25) is 15.0 Å². The van der Waals surface area contributed by atoms with Gasteiger partial charge < -0.3 is 19.7 Å².